The lowest BCUT2D eigenvalue weighted by Crippen LogP contribution is -2.03. The first-order valence-electron chi connectivity index (χ1n) is 6.66. The van der Waals surface area contributed by atoms with E-state index in [1.807, 2.05) is 19.1 Å². The topological polar surface area (TPSA) is 21.3 Å². The highest BCUT2D eigenvalue weighted by Crippen LogP contribution is 2.29. The first kappa shape index (κ1) is 14.7. The Kier molecular flexibility index (Phi) is 4.56. The van der Waals surface area contributed by atoms with Crippen LogP contribution in [0.15, 0.2) is 30.3 Å². The van der Waals surface area contributed by atoms with Crippen molar-refractivity contribution in [3.63, 3.8) is 0 Å². The van der Waals surface area contributed by atoms with Crippen LogP contribution >= 0.6 is 11.6 Å². The van der Waals surface area contributed by atoms with Gasteiger partial charge in [0.05, 0.1) is 7.11 Å². The first-order chi connectivity index (χ1) is 9.52. The number of benzene rings is 2. The molecule has 0 bridgehead atoms. The summed E-state index contributed by atoms with van der Waals surface area (Å²) in [5, 5.41) is 4.25. The molecule has 0 radical (unpaired) electrons. The first-order valence-corrected chi connectivity index (χ1v) is 7.04. The molecule has 0 fully saturated rings. The van der Waals surface area contributed by atoms with E-state index in [2.05, 4.69) is 37.4 Å². The van der Waals surface area contributed by atoms with Crippen molar-refractivity contribution in [1.29, 1.82) is 0 Å². The van der Waals surface area contributed by atoms with E-state index in [4.69, 9.17) is 16.3 Å². The Morgan fingerprint density at radius 2 is 1.75 bits per heavy atom. The van der Waals surface area contributed by atoms with Crippen molar-refractivity contribution in [2.45, 2.75) is 27.3 Å². The third-order valence-electron chi connectivity index (χ3n) is 3.53. The highest BCUT2D eigenvalue weighted by Gasteiger charge is 2.07. The number of aryl methyl sites for hydroxylation is 2. The number of methoxy groups -OCH3 is 1. The molecule has 1 N–H and O–H groups in total. The third kappa shape index (κ3) is 3.07. The average Bonchev–Trinajstić information content (AvgIpc) is 2.42. The molecule has 0 aliphatic rings. The van der Waals surface area contributed by atoms with Crippen molar-refractivity contribution in [2.75, 3.05) is 12.4 Å². The van der Waals surface area contributed by atoms with Gasteiger partial charge in [0.15, 0.2) is 0 Å². The molecule has 2 aromatic carbocycles. The zero-order valence-corrected chi connectivity index (χ0v) is 13.1. The van der Waals surface area contributed by atoms with Crippen LogP contribution in [0, 0.1) is 20.8 Å². The van der Waals surface area contributed by atoms with Gasteiger partial charge in [-0.15, -0.1) is 0 Å². The Morgan fingerprint density at radius 3 is 2.40 bits per heavy atom. The summed E-state index contributed by atoms with van der Waals surface area (Å²) in [4.78, 5) is 0. The van der Waals surface area contributed by atoms with Crippen molar-refractivity contribution in [3.8, 4) is 5.75 Å². The average molecular weight is 290 g/mol. The largest absolute Gasteiger partial charge is 0.496 e. The van der Waals surface area contributed by atoms with Crippen LogP contribution in [0.5, 0.6) is 5.75 Å². The predicted octanol–water partition coefficient (Wildman–Crippen LogP) is 4.89. The Bertz CT molecular complexity index is 623. The molecule has 0 aliphatic heterocycles. The van der Waals surface area contributed by atoms with Gasteiger partial charge < -0.3 is 10.1 Å². The van der Waals surface area contributed by atoms with E-state index >= 15 is 0 Å². The number of hydrogen-bond acceptors (Lipinski definition) is 2. The molecule has 0 aromatic heterocycles. The van der Waals surface area contributed by atoms with Gasteiger partial charge in [-0.3, -0.25) is 0 Å². The highest BCUT2D eigenvalue weighted by molar-refractivity contribution is 6.31. The minimum atomic E-state index is 0.743. The van der Waals surface area contributed by atoms with Gasteiger partial charge >= 0.3 is 0 Å². The molecule has 0 atom stereocenters. The minimum Gasteiger partial charge on any atom is -0.496 e. The smallest absolute Gasteiger partial charge is 0.126 e. The van der Waals surface area contributed by atoms with E-state index in [-0.39, 0.29) is 0 Å². The number of rotatable bonds is 4. The third-order valence-corrected chi connectivity index (χ3v) is 3.93. The van der Waals surface area contributed by atoms with Gasteiger partial charge in [0, 0.05) is 22.8 Å². The summed E-state index contributed by atoms with van der Waals surface area (Å²) >= 11 is 6.15. The lowest BCUT2D eigenvalue weighted by Gasteiger charge is -2.15. The molecule has 2 aromatic rings. The molecule has 3 heteroatoms. The maximum Gasteiger partial charge on any atom is 0.126 e. The van der Waals surface area contributed by atoms with E-state index in [1.54, 1.807) is 7.11 Å². The van der Waals surface area contributed by atoms with E-state index < -0.39 is 0 Å². The molecule has 20 heavy (non-hydrogen) atoms. The number of hydrogen-bond donors (Lipinski definition) is 1. The summed E-state index contributed by atoms with van der Waals surface area (Å²) in [6.07, 6.45) is 0. The second-order valence-corrected chi connectivity index (χ2v) is 5.43. The van der Waals surface area contributed by atoms with Gasteiger partial charge in [-0.2, -0.15) is 0 Å². The molecule has 0 amide bonds. The molecular formula is C17H20ClNO. The fourth-order valence-electron chi connectivity index (χ4n) is 2.28. The summed E-state index contributed by atoms with van der Waals surface area (Å²) < 4.78 is 5.44. The molecule has 0 saturated carbocycles. The van der Waals surface area contributed by atoms with Gasteiger partial charge in [0.2, 0.25) is 0 Å². The van der Waals surface area contributed by atoms with Crippen molar-refractivity contribution in [1.82, 2.24) is 0 Å². The molecule has 0 spiro atoms. The number of anilines is 1. The van der Waals surface area contributed by atoms with E-state index in [0.29, 0.717) is 0 Å². The summed E-state index contributed by atoms with van der Waals surface area (Å²) in [6.45, 7) is 6.87. The maximum absolute atomic E-state index is 6.15. The number of ether oxygens (including phenoxy) is 1. The summed E-state index contributed by atoms with van der Waals surface area (Å²) in [5.74, 6) is 0.942. The van der Waals surface area contributed by atoms with Crippen LogP contribution in [0.25, 0.3) is 0 Å². The fourth-order valence-corrected chi connectivity index (χ4v) is 2.48. The Labute approximate surface area is 125 Å². The SMILES string of the molecule is COc1c(C)ccc(NCc2ccc(C)c(Cl)c2)c1C. The summed E-state index contributed by atoms with van der Waals surface area (Å²) in [5.41, 5.74) is 5.63. The lowest BCUT2D eigenvalue weighted by molar-refractivity contribution is 0.409. The molecule has 0 unspecified atom stereocenters. The van der Waals surface area contributed by atoms with Gasteiger partial charge in [-0.05, 0) is 49.6 Å². The van der Waals surface area contributed by atoms with Crippen LogP contribution in [0.2, 0.25) is 5.02 Å². The molecule has 2 rings (SSSR count). The van der Waals surface area contributed by atoms with E-state index in [0.717, 1.165) is 39.7 Å². The van der Waals surface area contributed by atoms with Crippen molar-refractivity contribution in [2.24, 2.45) is 0 Å². The fraction of sp³-hybridized carbons (Fsp3) is 0.294. The van der Waals surface area contributed by atoms with Crippen LogP contribution in [0.3, 0.4) is 0 Å². The Hall–Kier alpha value is -1.67. The summed E-state index contributed by atoms with van der Waals surface area (Å²) in [7, 11) is 1.71. The maximum atomic E-state index is 6.15. The standard InChI is InChI=1S/C17H20ClNO/c1-11-5-7-14(9-15(11)18)10-19-16-8-6-12(2)17(20-4)13(16)3/h5-9,19H,10H2,1-4H3. The Morgan fingerprint density at radius 1 is 1.05 bits per heavy atom. The Balaban J connectivity index is 2.16. The second-order valence-electron chi connectivity index (χ2n) is 5.03. The minimum absolute atomic E-state index is 0.743. The highest BCUT2D eigenvalue weighted by atomic mass is 35.5. The number of halogens is 1. The molecule has 106 valence electrons. The zero-order valence-electron chi connectivity index (χ0n) is 12.4. The van der Waals surface area contributed by atoms with Crippen LogP contribution in [-0.4, -0.2) is 7.11 Å². The quantitative estimate of drug-likeness (QED) is 0.865. The normalized spacial score (nSPS) is 10.4. The van der Waals surface area contributed by atoms with Crippen molar-refractivity contribution < 1.29 is 4.74 Å². The van der Waals surface area contributed by atoms with Gasteiger partial charge in [0.1, 0.15) is 5.75 Å². The van der Waals surface area contributed by atoms with E-state index in [9.17, 15) is 0 Å². The number of nitrogens with one attached hydrogen (secondary N) is 1. The van der Waals surface area contributed by atoms with Gasteiger partial charge in [-0.1, -0.05) is 29.8 Å². The predicted molar refractivity (Wildman–Crippen MR) is 86.0 cm³/mol. The second kappa shape index (κ2) is 6.19. The zero-order chi connectivity index (χ0) is 14.7. The van der Waals surface area contributed by atoms with Crippen molar-refractivity contribution in [3.05, 3.63) is 57.6 Å². The van der Waals surface area contributed by atoms with Crippen LogP contribution < -0.4 is 10.1 Å². The lowest BCUT2D eigenvalue weighted by atomic mass is 10.1. The van der Waals surface area contributed by atoms with Crippen molar-refractivity contribution >= 4 is 17.3 Å². The molecule has 0 aliphatic carbocycles. The summed E-state index contributed by atoms with van der Waals surface area (Å²) in [6, 6.07) is 10.3. The molecule has 2 nitrogen and oxygen atoms in total. The molecule has 0 saturated heterocycles. The van der Waals surface area contributed by atoms with Gasteiger partial charge in [-0.25, -0.2) is 0 Å². The molecular weight excluding hydrogens is 270 g/mol. The van der Waals surface area contributed by atoms with Gasteiger partial charge in [0.25, 0.3) is 0 Å². The molecule has 0 heterocycles. The van der Waals surface area contributed by atoms with E-state index in [1.165, 1.54) is 5.56 Å². The van der Waals surface area contributed by atoms with Crippen LogP contribution in [-0.2, 0) is 6.54 Å². The van der Waals surface area contributed by atoms with Crippen LogP contribution in [0.4, 0.5) is 5.69 Å². The monoisotopic (exact) mass is 289 g/mol. The van der Waals surface area contributed by atoms with Crippen LogP contribution in [0.1, 0.15) is 22.3 Å².